The van der Waals surface area contributed by atoms with E-state index < -0.39 is 10.3 Å². The summed E-state index contributed by atoms with van der Waals surface area (Å²) in [6, 6.07) is 29.4. The predicted octanol–water partition coefficient (Wildman–Crippen LogP) is 11.2. The molecule has 4 saturated carbocycles. The molecule has 4 fully saturated rings. The maximum atomic E-state index is 14.6. The Balaban J connectivity index is 1.23. The molecule has 3 aromatic carbocycles. The van der Waals surface area contributed by atoms with Crippen molar-refractivity contribution < 1.29 is 13.7 Å². The summed E-state index contributed by atoms with van der Waals surface area (Å²) < 4.78 is 13.3. The first kappa shape index (κ1) is 30.3. The minimum atomic E-state index is -2.29. The largest absolute Gasteiger partial charge is 0.494 e. The van der Waals surface area contributed by atoms with Gasteiger partial charge in [-0.15, -0.1) is 0 Å². The molecule has 230 valence electrons. The molecule has 0 heterocycles. The van der Waals surface area contributed by atoms with Crippen LogP contribution in [0.5, 0.6) is 5.75 Å². The molecule has 0 unspecified atom stereocenters. The minimum absolute atomic E-state index is 0.0318. The van der Waals surface area contributed by atoms with Crippen molar-refractivity contribution in [2.45, 2.75) is 112 Å². The van der Waals surface area contributed by atoms with Gasteiger partial charge in [0.1, 0.15) is 5.75 Å². The zero-order chi connectivity index (χ0) is 29.5. The summed E-state index contributed by atoms with van der Waals surface area (Å²) in [5.74, 6) is 2.98. The maximum absolute atomic E-state index is 14.6. The van der Waals surface area contributed by atoms with Crippen LogP contribution in [0.15, 0.2) is 99.6 Å². The van der Waals surface area contributed by atoms with E-state index >= 15 is 0 Å². The van der Waals surface area contributed by atoms with Crippen LogP contribution in [-0.4, -0.2) is 12.6 Å². The lowest BCUT2D eigenvalue weighted by atomic mass is 9.49. The molecule has 0 spiro atoms. The summed E-state index contributed by atoms with van der Waals surface area (Å²) >= 11 is 0. The smallest absolute Gasteiger partial charge is 0.323 e. The van der Waals surface area contributed by atoms with Crippen LogP contribution in [0.1, 0.15) is 96.8 Å². The van der Waals surface area contributed by atoms with Gasteiger partial charge in [0.05, 0.1) is 12.0 Å². The Bertz CT molecular complexity index is 1230. The van der Waals surface area contributed by atoms with E-state index in [2.05, 4.69) is 79.7 Å². The number of ether oxygens (including phenoxy) is 1. The van der Waals surface area contributed by atoms with Crippen molar-refractivity contribution in [3.8, 4) is 5.75 Å². The second kappa shape index (κ2) is 13.9. The molecule has 0 atom stereocenters. The minimum Gasteiger partial charge on any atom is -0.494 e. The highest BCUT2D eigenvalue weighted by Crippen LogP contribution is 2.71. The van der Waals surface area contributed by atoms with Gasteiger partial charge in [0.15, 0.2) is 0 Å². The lowest BCUT2D eigenvalue weighted by Gasteiger charge is -2.56. The quantitative estimate of drug-likeness (QED) is 0.163. The zero-order valence-electron chi connectivity index (χ0n) is 26.1. The number of benzene rings is 3. The van der Waals surface area contributed by atoms with Crippen molar-refractivity contribution in [3.05, 3.63) is 84.9 Å². The molecule has 3 aromatic rings. The first-order valence-electron chi connectivity index (χ1n) is 17.0. The van der Waals surface area contributed by atoms with Gasteiger partial charge in [-0.05, 0) is 122 Å². The van der Waals surface area contributed by atoms with Gasteiger partial charge in [0.2, 0.25) is 0 Å². The van der Waals surface area contributed by atoms with Gasteiger partial charge in [0, 0.05) is 14.7 Å². The first-order chi connectivity index (χ1) is 21.1. The number of hydrogen-bond donors (Lipinski definition) is 0. The van der Waals surface area contributed by atoms with Crippen molar-refractivity contribution in [3.63, 3.8) is 0 Å². The molecule has 0 amide bonds. The molecule has 7 rings (SSSR count). The fraction of sp³-hybridized carbons (Fsp3) is 0.513. The monoisotopic (exact) mass is 598 g/mol. The van der Waals surface area contributed by atoms with Crippen LogP contribution in [0.3, 0.4) is 0 Å². The van der Waals surface area contributed by atoms with Gasteiger partial charge in [-0.1, -0.05) is 88.3 Å². The summed E-state index contributed by atoms with van der Waals surface area (Å²) in [6.45, 7) is 3.01. The maximum Gasteiger partial charge on any atom is 0.323 e. The Morgan fingerprint density at radius 2 is 1.12 bits per heavy atom. The molecule has 43 heavy (non-hydrogen) atoms. The summed E-state index contributed by atoms with van der Waals surface area (Å²) in [5, 5.41) is 0. The van der Waals surface area contributed by atoms with E-state index in [0.717, 1.165) is 52.7 Å². The lowest BCUT2D eigenvalue weighted by molar-refractivity contribution is -0.160. The Morgan fingerprint density at radius 1 is 0.651 bits per heavy atom. The second-order valence-corrected chi connectivity index (χ2v) is 16.2. The third-order valence-electron chi connectivity index (χ3n) is 10.2. The van der Waals surface area contributed by atoms with Crippen molar-refractivity contribution in [1.29, 1.82) is 0 Å². The van der Waals surface area contributed by atoms with Gasteiger partial charge in [-0.3, -0.25) is 4.79 Å². The summed E-state index contributed by atoms with van der Waals surface area (Å²) in [5.41, 5.74) is -0.324. The van der Waals surface area contributed by atoms with E-state index in [0.29, 0.717) is 17.8 Å². The number of hydrogen-bond acceptors (Lipinski definition) is 3. The van der Waals surface area contributed by atoms with E-state index in [9.17, 15) is 4.79 Å². The average Bonchev–Trinajstić information content (AvgIpc) is 3.03. The molecule has 3 nitrogen and oxygen atoms in total. The molecule has 0 saturated heterocycles. The average molecular weight is 599 g/mol. The third kappa shape index (κ3) is 6.70. The molecular weight excluding hydrogens is 548 g/mol. The highest BCUT2D eigenvalue weighted by Gasteiger charge is 2.57. The number of rotatable bonds is 15. The van der Waals surface area contributed by atoms with E-state index in [1.54, 1.807) is 0 Å². The standard InChI is InChI=1S/C39H50O3S/c1-2-3-4-5-6-7-8-15-24-41-34-20-22-37(23-21-34)43(35-16-11-9-12-17-35,36-18-13-10-14-19-36)42-38(40)39-28-31-25-32(29-39)27-33(26-31)30-39/h9-14,16-23,31-33H,2-8,15,24-30H2,1H3. The molecule has 0 aliphatic heterocycles. The molecular formula is C39H50O3S. The van der Waals surface area contributed by atoms with Crippen LogP contribution in [0, 0.1) is 23.2 Å². The second-order valence-electron chi connectivity index (χ2n) is 13.5. The molecule has 4 heteroatoms. The van der Waals surface area contributed by atoms with Gasteiger partial charge >= 0.3 is 5.97 Å². The van der Waals surface area contributed by atoms with Gasteiger partial charge < -0.3 is 8.92 Å². The van der Waals surface area contributed by atoms with Crippen molar-refractivity contribution in [1.82, 2.24) is 0 Å². The molecule has 0 radical (unpaired) electrons. The molecule has 0 N–H and O–H groups in total. The van der Waals surface area contributed by atoms with Crippen LogP contribution in [-0.2, 0) is 8.98 Å². The van der Waals surface area contributed by atoms with E-state index in [4.69, 9.17) is 8.92 Å². The van der Waals surface area contributed by atoms with E-state index in [1.165, 1.54) is 64.2 Å². The highest BCUT2D eigenvalue weighted by molar-refractivity contribution is 8.30. The Morgan fingerprint density at radius 3 is 1.63 bits per heavy atom. The number of carbonyl (C=O) groups excluding carboxylic acids is 1. The Labute approximate surface area is 261 Å². The van der Waals surface area contributed by atoms with E-state index in [-0.39, 0.29) is 11.4 Å². The van der Waals surface area contributed by atoms with Gasteiger partial charge in [0.25, 0.3) is 0 Å². The SMILES string of the molecule is CCCCCCCCCCOc1ccc(S(OC(=O)C23CC4CC(CC(C4)C2)C3)(c2ccccc2)c2ccccc2)cc1. The topological polar surface area (TPSA) is 35.5 Å². The van der Waals surface area contributed by atoms with Gasteiger partial charge in [-0.2, -0.15) is 0 Å². The van der Waals surface area contributed by atoms with Crippen LogP contribution >= 0.6 is 10.3 Å². The first-order valence-corrected chi connectivity index (χ1v) is 18.6. The van der Waals surface area contributed by atoms with Crippen molar-refractivity contribution in [2.24, 2.45) is 23.2 Å². The lowest BCUT2D eigenvalue weighted by Crippen LogP contribution is -2.50. The molecule has 4 aliphatic carbocycles. The Kier molecular flexibility index (Phi) is 9.82. The van der Waals surface area contributed by atoms with Crippen LogP contribution in [0.25, 0.3) is 0 Å². The molecule has 4 aliphatic rings. The van der Waals surface area contributed by atoms with Crippen LogP contribution in [0.4, 0.5) is 0 Å². The fourth-order valence-electron chi connectivity index (χ4n) is 8.49. The van der Waals surface area contributed by atoms with Crippen LogP contribution < -0.4 is 4.74 Å². The number of unbranched alkanes of at least 4 members (excludes halogenated alkanes) is 7. The van der Waals surface area contributed by atoms with E-state index in [1.807, 2.05) is 12.1 Å². The molecule has 4 bridgehead atoms. The molecule has 0 aromatic heterocycles. The van der Waals surface area contributed by atoms with Gasteiger partial charge in [-0.25, -0.2) is 0 Å². The number of carbonyl (C=O) groups is 1. The summed E-state index contributed by atoms with van der Waals surface area (Å²) in [4.78, 5) is 17.7. The summed E-state index contributed by atoms with van der Waals surface area (Å²) in [7, 11) is -2.29. The highest BCUT2D eigenvalue weighted by atomic mass is 32.3. The third-order valence-corrected chi connectivity index (χ3v) is 13.5. The summed E-state index contributed by atoms with van der Waals surface area (Å²) in [6.07, 6.45) is 17.3. The van der Waals surface area contributed by atoms with Crippen LogP contribution in [0.2, 0.25) is 0 Å². The predicted molar refractivity (Wildman–Crippen MR) is 177 cm³/mol. The fourth-order valence-corrected chi connectivity index (χ4v) is 11.6. The van der Waals surface area contributed by atoms with Crippen molar-refractivity contribution in [2.75, 3.05) is 6.61 Å². The zero-order valence-corrected chi connectivity index (χ0v) is 26.9. The Hall–Kier alpha value is -2.72. The van der Waals surface area contributed by atoms with Crippen molar-refractivity contribution >= 4 is 16.3 Å². The normalized spacial score (nSPS) is 24.5.